The molecule has 0 saturated heterocycles. The highest BCUT2D eigenvalue weighted by atomic mass is 79.9. The van der Waals surface area contributed by atoms with E-state index in [1.165, 1.54) is 12.1 Å². The highest BCUT2D eigenvalue weighted by Gasteiger charge is 2.10. The van der Waals surface area contributed by atoms with Gasteiger partial charge in [0.2, 0.25) is 0 Å². The molecule has 100 valence electrons. The molecule has 0 aliphatic rings. The first-order valence-corrected chi connectivity index (χ1v) is 6.84. The molecule has 0 heterocycles. The number of halogens is 4. The third-order valence-corrected chi connectivity index (χ3v) is 3.77. The fourth-order valence-electron chi connectivity index (χ4n) is 1.49. The average molecular weight is 365 g/mol. The molecule has 0 aliphatic heterocycles. The maximum atomic E-state index is 13.4. The molecule has 19 heavy (non-hydrogen) atoms. The van der Waals surface area contributed by atoms with Gasteiger partial charge in [0.1, 0.15) is 18.2 Å². The number of hydrogen-bond acceptors (Lipinski definition) is 2. The third-order valence-electron chi connectivity index (χ3n) is 2.50. The van der Waals surface area contributed by atoms with E-state index in [4.69, 9.17) is 33.7 Å². The summed E-state index contributed by atoms with van der Waals surface area (Å²) in [5.41, 5.74) is 6.99. The van der Waals surface area contributed by atoms with E-state index in [1.54, 1.807) is 18.2 Å². The first-order chi connectivity index (χ1) is 8.99. The second kappa shape index (κ2) is 5.99. The predicted octanol–water partition coefficient (Wildman–Crippen LogP) is 5.06. The summed E-state index contributed by atoms with van der Waals surface area (Å²) in [6.45, 7) is 0.144. The average Bonchev–Trinajstić information content (AvgIpc) is 2.34. The second-order valence-corrected chi connectivity index (χ2v) is 5.46. The van der Waals surface area contributed by atoms with Gasteiger partial charge < -0.3 is 10.5 Å². The molecule has 2 aromatic rings. The van der Waals surface area contributed by atoms with Crippen LogP contribution in [0.1, 0.15) is 5.56 Å². The van der Waals surface area contributed by atoms with E-state index in [0.717, 1.165) is 0 Å². The number of nitrogen functional groups attached to an aromatic ring is 1. The van der Waals surface area contributed by atoms with Crippen molar-refractivity contribution in [1.29, 1.82) is 0 Å². The summed E-state index contributed by atoms with van der Waals surface area (Å²) in [5.74, 6) is -0.215. The molecule has 0 fully saturated rings. The lowest BCUT2D eigenvalue weighted by Gasteiger charge is -2.12. The Morgan fingerprint density at radius 2 is 1.95 bits per heavy atom. The predicted molar refractivity (Wildman–Crippen MR) is 79.3 cm³/mol. The van der Waals surface area contributed by atoms with Crippen molar-refractivity contribution >= 4 is 44.8 Å². The van der Waals surface area contributed by atoms with Crippen LogP contribution in [0.3, 0.4) is 0 Å². The van der Waals surface area contributed by atoms with E-state index in [-0.39, 0.29) is 11.6 Å². The van der Waals surface area contributed by atoms with Crippen molar-refractivity contribution in [3.8, 4) is 5.75 Å². The lowest BCUT2D eigenvalue weighted by atomic mass is 10.2. The molecule has 0 atom stereocenters. The SMILES string of the molecule is Nc1cccc(Cl)c1COc1cc(F)c(Cl)cc1Br. The van der Waals surface area contributed by atoms with E-state index < -0.39 is 5.82 Å². The van der Waals surface area contributed by atoms with Crippen LogP contribution in [0.5, 0.6) is 5.75 Å². The largest absolute Gasteiger partial charge is 0.487 e. The Labute approximate surface area is 128 Å². The normalized spacial score (nSPS) is 10.5. The fraction of sp³-hybridized carbons (Fsp3) is 0.0769. The highest BCUT2D eigenvalue weighted by Crippen LogP contribution is 2.32. The smallest absolute Gasteiger partial charge is 0.145 e. The molecule has 0 unspecified atom stereocenters. The first kappa shape index (κ1) is 14.4. The van der Waals surface area contributed by atoms with Crippen molar-refractivity contribution in [2.45, 2.75) is 6.61 Å². The van der Waals surface area contributed by atoms with E-state index in [1.807, 2.05) is 0 Å². The van der Waals surface area contributed by atoms with E-state index in [0.29, 0.717) is 26.5 Å². The zero-order valence-electron chi connectivity index (χ0n) is 9.59. The van der Waals surface area contributed by atoms with Gasteiger partial charge in [0, 0.05) is 22.3 Å². The van der Waals surface area contributed by atoms with Gasteiger partial charge in [-0.25, -0.2) is 4.39 Å². The van der Waals surface area contributed by atoms with Crippen LogP contribution in [0.25, 0.3) is 0 Å². The van der Waals surface area contributed by atoms with Crippen LogP contribution >= 0.6 is 39.1 Å². The minimum absolute atomic E-state index is 0.0245. The molecule has 2 N–H and O–H groups in total. The Morgan fingerprint density at radius 1 is 1.21 bits per heavy atom. The summed E-state index contributed by atoms with van der Waals surface area (Å²) in [7, 11) is 0. The first-order valence-electron chi connectivity index (χ1n) is 5.29. The lowest BCUT2D eigenvalue weighted by Crippen LogP contribution is -2.01. The number of nitrogens with two attached hydrogens (primary N) is 1. The van der Waals surface area contributed by atoms with Crippen molar-refractivity contribution in [3.05, 3.63) is 56.2 Å². The number of ether oxygens (including phenoxy) is 1. The Morgan fingerprint density at radius 3 is 2.63 bits per heavy atom. The molecule has 0 amide bonds. The van der Waals surface area contributed by atoms with Gasteiger partial charge in [0.25, 0.3) is 0 Å². The Balaban J connectivity index is 2.22. The van der Waals surface area contributed by atoms with Crippen molar-refractivity contribution < 1.29 is 9.13 Å². The second-order valence-electron chi connectivity index (χ2n) is 3.79. The zero-order valence-corrected chi connectivity index (χ0v) is 12.7. The van der Waals surface area contributed by atoms with Gasteiger partial charge in [-0.05, 0) is 34.1 Å². The van der Waals surface area contributed by atoms with E-state index >= 15 is 0 Å². The van der Waals surface area contributed by atoms with Crippen LogP contribution in [0.4, 0.5) is 10.1 Å². The molecule has 0 spiro atoms. The van der Waals surface area contributed by atoms with Crippen LogP contribution in [-0.4, -0.2) is 0 Å². The summed E-state index contributed by atoms with van der Waals surface area (Å²) in [6, 6.07) is 7.83. The summed E-state index contributed by atoms with van der Waals surface area (Å²) in [4.78, 5) is 0. The topological polar surface area (TPSA) is 35.2 Å². The van der Waals surface area contributed by atoms with Crippen LogP contribution in [0.2, 0.25) is 10.0 Å². The summed E-state index contributed by atoms with van der Waals surface area (Å²) in [5, 5.41) is 0.530. The quantitative estimate of drug-likeness (QED) is 0.610. The van der Waals surface area contributed by atoms with Crippen LogP contribution in [0.15, 0.2) is 34.8 Å². The van der Waals surface area contributed by atoms with Gasteiger partial charge in [0.15, 0.2) is 0 Å². The van der Waals surface area contributed by atoms with Crippen LogP contribution in [-0.2, 0) is 6.61 Å². The molecule has 6 heteroatoms. The molecule has 0 aliphatic carbocycles. The minimum Gasteiger partial charge on any atom is -0.487 e. The molecule has 0 aromatic heterocycles. The number of rotatable bonds is 3. The molecule has 2 aromatic carbocycles. The maximum absolute atomic E-state index is 13.4. The van der Waals surface area contributed by atoms with Crippen molar-refractivity contribution in [1.82, 2.24) is 0 Å². The monoisotopic (exact) mass is 363 g/mol. The molecule has 0 saturated carbocycles. The van der Waals surface area contributed by atoms with Crippen LogP contribution < -0.4 is 10.5 Å². The number of anilines is 1. The van der Waals surface area contributed by atoms with Gasteiger partial charge in [-0.1, -0.05) is 29.3 Å². The molecule has 0 bridgehead atoms. The molecular formula is C13H9BrCl2FNO. The summed E-state index contributed by atoms with van der Waals surface area (Å²) in [6.07, 6.45) is 0. The zero-order chi connectivity index (χ0) is 14.0. The van der Waals surface area contributed by atoms with Gasteiger partial charge in [-0.15, -0.1) is 0 Å². The maximum Gasteiger partial charge on any atom is 0.145 e. The lowest BCUT2D eigenvalue weighted by molar-refractivity contribution is 0.303. The van der Waals surface area contributed by atoms with Gasteiger partial charge >= 0.3 is 0 Å². The fourth-order valence-corrected chi connectivity index (χ4v) is 2.48. The minimum atomic E-state index is -0.549. The number of hydrogen-bond donors (Lipinski definition) is 1. The molecule has 2 rings (SSSR count). The Hall–Kier alpha value is -0.970. The van der Waals surface area contributed by atoms with E-state index in [9.17, 15) is 4.39 Å². The molecule has 2 nitrogen and oxygen atoms in total. The highest BCUT2D eigenvalue weighted by molar-refractivity contribution is 9.10. The number of benzene rings is 2. The van der Waals surface area contributed by atoms with Gasteiger partial charge in [-0.2, -0.15) is 0 Å². The van der Waals surface area contributed by atoms with Gasteiger partial charge in [0.05, 0.1) is 9.50 Å². The van der Waals surface area contributed by atoms with Gasteiger partial charge in [-0.3, -0.25) is 0 Å². The van der Waals surface area contributed by atoms with Crippen LogP contribution in [0, 0.1) is 5.82 Å². The van der Waals surface area contributed by atoms with Crippen molar-refractivity contribution in [3.63, 3.8) is 0 Å². The summed E-state index contributed by atoms with van der Waals surface area (Å²) < 4.78 is 19.4. The Bertz CT molecular complexity index is 602. The Kier molecular flexibility index (Phi) is 4.55. The third kappa shape index (κ3) is 3.32. The standard InChI is InChI=1S/C13H9BrCl2FNO/c14-8-4-10(16)11(17)5-13(8)19-6-7-9(15)2-1-3-12(7)18/h1-5H,6,18H2. The molecular weight excluding hydrogens is 356 g/mol. The van der Waals surface area contributed by atoms with Crippen molar-refractivity contribution in [2.24, 2.45) is 0 Å². The summed E-state index contributed by atoms with van der Waals surface area (Å²) >= 11 is 14.9. The van der Waals surface area contributed by atoms with Crippen molar-refractivity contribution in [2.75, 3.05) is 5.73 Å². The van der Waals surface area contributed by atoms with E-state index in [2.05, 4.69) is 15.9 Å². The molecule has 0 radical (unpaired) electrons.